The van der Waals surface area contributed by atoms with Gasteiger partial charge < -0.3 is 14.7 Å². The minimum Gasteiger partial charge on any atom is -0.364 e. The van der Waals surface area contributed by atoms with E-state index in [1.54, 1.807) is 23.1 Å². The molecule has 1 aromatic carbocycles. The van der Waals surface area contributed by atoms with Gasteiger partial charge in [0, 0.05) is 64.5 Å². The minimum absolute atomic E-state index is 0. The third kappa shape index (κ3) is 6.52. The van der Waals surface area contributed by atoms with Gasteiger partial charge in [-0.15, -0.1) is 24.0 Å². The molecule has 8 nitrogen and oxygen atoms in total. The van der Waals surface area contributed by atoms with Gasteiger partial charge in [-0.3, -0.25) is 9.89 Å². The van der Waals surface area contributed by atoms with Gasteiger partial charge in [-0.25, -0.2) is 9.07 Å². The molecule has 2 aromatic heterocycles. The van der Waals surface area contributed by atoms with Gasteiger partial charge in [-0.2, -0.15) is 5.10 Å². The molecule has 0 amide bonds. The number of aliphatic imine (C=N–C) groups is 1. The van der Waals surface area contributed by atoms with Crippen LogP contribution in [-0.2, 0) is 13.0 Å². The predicted octanol–water partition coefficient (Wildman–Crippen LogP) is 2.94. The molecule has 0 unspecified atom stereocenters. The van der Waals surface area contributed by atoms with Gasteiger partial charge >= 0.3 is 0 Å². The molecule has 32 heavy (non-hydrogen) atoms. The number of hydrogen-bond acceptors (Lipinski definition) is 5. The summed E-state index contributed by atoms with van der Waals surface area (Å²) in [4.78, 5) is 9.49. The van der Waals surface area contributed by atoms with E-state index in [2.05, 4.69) is 32.3 Å². The molecule has 172 valence electrons. The second kappa shape index (κ2) is 12.0. The van der Waals surface area contributed by atoms with E-state index in [0.29, 0.717) is 6.54 Å². The lowest BCUT2D eigenvalue weighted by Crippen LogP contribution is -2.52. The molecule has 10 heteroatoms. The fourth-order valence-corrected chi connectivity index (χ4v) is 3.60. The van der Waals surface area contributed by atoms with Gasteiger partial charge in [0.05, 0.1) is 17.1 Å². The van der Waals surface area contributed by atoms with Crippen molar-refractivity contribution in [2.45, 2.75) is 19.9 Å². The van der Waals surface area contributed by atoms with Crippen LogP contribution in [0, 0.1) is 5.82 Å². The molecule has 1 N–H and O–H groups in total. The zero-order chi connectivity index (χ0) is 21.5. The Balaban J connectivity index is 0.00000289. The first-order valence-corrected chi connectivity index (χ1v) is 10.7. The summed E-state index contributed by atoms with van der Waals surface area (Å²) in [6, 6.07) is 10.2. The summed E-state index contributed by atoms with van der Waals surface area (Å²) >= 11 is 0. The number of rotatable bonds is 7. The molecule has 3 aromatic rings. The third-order valence-corrected chi connectivity index (χ3v) is 5.25. The predicted molar refractivity (Wildman–Crippen MR) is 132 cm³/mol. The van der Waals surface area contributed by atoms with Crippen LogP contribution in [0.4, 0.5) is 4.39 Å². The lowest BCUT2D eigenvalue weighted by Gasteiger charge is -2.36. The minimum atomic E-state index is -0.250. The number of halogens is 2. The van der Waals surface area contributed by atoms with Crippen LogP contribution in [0.2, 0.25) is 0 Å². The van der Waals surface area contributed by atoms with Crippen LogP contribution < -0.4 is 5.32 Å². The summed E-state index contributed by atoms with van der Waals surface area (Å²) in [6.45, 7) is 8.14. The van der Waals surface area contributed by atoms with Gasteiger partial charge in [-0.05, 0) is 37.3 Å². The van der Waals surface area contributed by atoms with Crippen molar-refractivity contribution in [2.24, 2.45) is 4.99 Å². The molecule has 0 atom stereocenters. The Hall–Kier alpha value is -2.47. The molecule has 0 radical (unpaired) electrons. The standard InChI is InChI=1S/C22H28FN7O.HI/c1-2-24-22(29-14-12-28(13-15-29)17-20-9-16-31-27-20)25-10-7-19-8-11-30(26-19)21-5-3-18(23)4-6-21;/h3-6,8-9,11,16H,2,7,10,12-15,17H2,1H3,(H,24,25);1H. The van der Waals surface area contributed by atoms with Crippen LogP contribution in [0.3, 0.4) is 0 Å². The highest BCUT2D eigenvalue weighted by Crippen LogP contribution is 2.10. The van der Waals surface area contributed by atoms with Gasteiger partial charge in [0.1, 0.15) is 12.1 Å². The highest BCUT2D eigenvalue weighted by molar-refractivity contribution is 14.0. The zero-order valence-electron chi connectivity index (χ0n) is 18.2. The zero-order valence-corrected chi connectivity index (χ0v) is 20.5. The third-order valence-electron chi connectivity index (χ3n) is 5.25. The number of piperazine rings is 1. The maximum absolute atomic E-state index is 13.1. The average Bonchev–Trinajstić information content (AvgIpc) is 3.47. The Morgan fingerprint density at radius 2 is 1.88 bits per heavy atom. The molecular formula is C22H29FIN7O. The molecule has 1 saturated heterocycles. The van der Waals surface area contributed by atoms with E-state index in [4.69, 9.17) is 9.52 Å². The Labute approximate surface area is 204 Å². The lowest BCUT2D eigenvalue weighted by atomic mass is 10.3. The van der Waals surface area contributed by atoms with Crippen molar-refractivity contribution in [3.8, 4) is 5.69 Å². The van der Waals surface area contributed by atoms with E-state index in [1.165, 1.54) is 12.1 Å². The van der Waals surface area contributed by atoms with E-state index < -0.39 is 0 Å². The Bertz CT molecular complexity index is 967. The summed E-state index contributed by atoms with van der Waals surface area (Å²) in [7, 11) is 0. The average molecular weight is 553 g/mol. The molecule has 3 heterocycles. The van der Waals surface area contributed by atoms with Crippen LogP contribution >= 0.6 is 24.0 Å². The molecule has 0 aliphatic carbocycles. The Kier molecular flexibility index (Phi) is 9.03. The van der Waals surface area contributed by atoms with Gasteiger partial charge in [0.2, 0.25) is 0 Å². The first-order chi connectivity index (χ1) is 15.2. The van der Waals surface area contributed by atoms with E-state index in [9.17, 15) is 4.39 Å². The summed E-state index contributed by atoms with van der Waals surface area (Å²) in [5, 5.41) is 12.0. The maximum atomic E-state index is 13.1. The molecule has 0 spiro atoms. The molecule has 1 aliphatic heterocycles. The van der Waals surface area contributed by atoms with Crippen LogP contribution in [0.15, 0.2) is 58.4 Å². The molecule has 1 aliphatic rings. The first-order valence-electron chi connectivity index (χ1n) is 10.7. The molecule has 1 fully saturated rings. The quantitative estimate of drug-likeness (QED) is 0.276. The maximum Gasteiger partial charge on any atom is 0.194 e. The Morgan fingerprint density at radius 3 is 2.56 bits per heavy atom. The number of nitrogens with zero attached hydrogens (tertiary/aromatic N) is 6. The van der Waals surface area contributed by atoms with Crippen molar-refractivity contribution in [2.75, 3.05) is 39.3 Å². The summed E-state index contributed by atoms with van der Waals surface area (Å²) in [5.74, 6) is 0.696. The van der Waals surface area contributed by atoms with E-state index in [1.807, 2.05) is 18.3 Å². The monoisotopic (exact) mass is 553 g/mol. The number of hydrogen-bond donors (Lipinski definition) is 1. The fraction of sp³-hybridized carbons (Fsp3) is 0.409. The van der Waals surface area contributed by atoms with Crippen molar-refractivity contribution < 1.29 is 8.91 Å². The second-order valence-electron chi connectivity index (χ2n) is 7.47. The van der Waals surface area contributed by atoms with Crippen LogP contribution in [0.1, 0.15) is 18.3 Å². The Morgan fingerprint density at radius 1 is 1.09 bits per heavy atom. The number of benzene rings is 1. The molecule has 4 rings (SSSR count). The second-order valence-corrected chi connectivity index (χ2v) is 7.47. The van der Waals surface area contributed by atoms with Crippen molar-refractivity contribution in [3.63, 3.8) is 0 Å². The number of nitrogens with one attached hydrogen (secondary N) is 1. The van der Waals surface area contributed by atoms with E-state index in [-0.39, 0.29) is 29.8 Å². The van der Waals surface area contributed by atoms with Crippen molar-refractivity contribution in [1.82, 2.24) is 30.1 Å². The first kappa shape index (κ1) is 24.2. The van der Waals surface area contributed by atoms with Crippen molar-refractivity contribution in [1.29, 1.82) is 0 Å². The summed E-state index contributed by atoms with van der Waals surface area (Å²) < 4.78 is 19.8. The van der Waals surface area contributed by atoms with E-state index >= 15 is 0 Å². The summed E-state index contributed by atoms with van der Waals surface area (Å²) in [6.07, 6.45) is 4.25. The van der Waals surface area contributed by atoms with Crippen LogP contribution in [0.25, 0.3) is 5.69 Å². The van der Waals surface area contributed by atoms with E-state index in [0.717, 1.165) is 68.7 Å². The number of guanidine groups is 1. The van der Waals surface area contributed by atoms with Crippen molar-refractivity contribution in [3.05, 3.63) is 66.1 Å². The van der Waals surface area contributed by atoms with Crippen LogP contribution in [-0.4, -0.2) is 70.0 Å². The summed E-state index contributed by atoms with van der Waals surface area (Å²) in [5.41, 5.74) is 2.77. The highest BCUT2D eigenvalue weighted by atomic mass is 127. The smallest absolute Gasteiger partial charge is 0.194 e. The molecule has 0 saturated carbocycles. The largest absolute Gasteiger partial charge is 0.364 e. The molecular weight excluding hydrogens is 524 g/mol. The fourth-order valence-electron chi connectivity index (χ4n) is 3.60. The SMILES string of the molecule is CCNC(=NCCc1ccn(-c2ccc(F)cc2)n1)N1CCN(Cc2ccon2)CC1.I. The topological polar surface area (TPSA) is 74.7 Å². The van der Waals surface area contributed by atoms with Gasteiger partial charge in [-0.1, -0.05) is 5.16 Å². The van der Waals surface area contributed by atoms with Crippen molar-refractivity contribution >= 4 is 29.9 Å². The normalized spacial score (nSPS) is 14.9. The lowest BCUT2D eigenvalue weighted by molar-refractivity contribution is 0.169. The molecule has 0 bridgehead atoms. The highest BCUT2D eigenvalue weighted by Gasteiger charge is 2.20. The van der Waals surface area contributed by atoms with Gasteiger partial charge in [0.25, 0.3) is 0 Å². The van der Waals surface area contributed by atoms with Crippen LogP contribution in [0.5, 0.6) is 0 Å². The van der Waals surface area contributed by atoms with Gasteiger partial charge in [0.15, 0.2) is 5.96 Å². The number of aromatic nitrogens is 3.